The molecule has 0 saturated carbocycles. The Balaban J connectivity index is 2.37. The SMILES string of the molecule is CC1CCCN1CC(C)(C)C. The van der Waals surface area contributed by atoms with E-state index in [4.69, 9.17) is 0 Å². The summed E-state index contributed by atoms with van der Waals surface area (Å²) in [6.45, 7) is 11.9. The third-order valence-corrected chi connectivity index (χ3v) is 2.37. The Hall–Kier alpha value is -0.0400. The molecule has 0 aromatic carbocycles. The van der Waals surface area contributed by atoms with Crippen LogP contribution in [0.2, 0.25) is 0 Å². The molecule has 1 heteroatoms. The van der Waals surface area contributed by atoms with Crippen LogP contribution in [0.5, 0.6) is 0 Å². The molecule has 0 radical (unpaired) electrons. The lowest BCUT2D eigenvalue weighted by Gasteiger charge is -2.29. The molecule has 0 spiro atoms. The van der Waals surface area contributed by atoms with Crippen molar-refractivity contribution in [1.82, 2.24) is 4.90 Å². The second-order valence-electron chi connectivity index (χ2n) is 5.02. The van der Waals surface area contributed by atoms with Crippen LogP contribution in [-0.4, -0.2) is 24.0 Å². The van der Waals surface area contributed by atoms with E-state index in [2.05, 4.69) is 32.6 Å². The molecule has 1 unspecified atom stereocenters. The van der Waals surface area contributed by atoms with Gasteiger partial charge in [0.2, 0.25) is 0 Å². The van der Waals surface area contributed by atoms with Gasteiger partial charge in [-0.05, 0) is 31.7 Å². The third-order valence-electron chi connectivity index (χ3n) is 2.37. The number of likely N-dealkylation sites (tertiary alicyclic amines) is 1. The van der Waals surface area contributed by atoms with Gasteiger partial charge in [-0.25, -0.2) is 0 Å². The van der Waals surface area contributed by atoms with Crippen LogP contribution in [0.15, 0.2) is 0 Å². The molecule has 0 aromatic heterocycles. The Labute approximate surface area is 70.8 Å². The Bertz CT molecular complexity index is 123. The first-order chi connectivity index (χ1) is 4.99. The highest BCUT2D eigenvalue weighted by Gasteiger charge is 2.24. The van der Waals surface area contributed by atoms with Crippen molar-refractivity contribution < 1.29 is 0 Å². The maximum atomic E-state index is 2.61. The van der Waals surface area contributed by atoms with Gasteiger partial charge in [0, 0.05) is 12.6 Å². The van der Waals surface area contributed by atoms with Crippen LogP contribution in [0, 0.1) is 5.41 Å². The van der Waals surface area contributed by atoms with Crippen molar-refractivity contribution in [3.8, 4) is 0 Å². The molecule has 0 bridgehead atoms. The summed E-state index contributed by atoms with van der Waals surface area (Å²) >= 11 is 0. The van der Waals surface area contributed by atoms with Gasteiger partial charge in [-0.15, -0.1) is 0 Å². The van der Waals surface area contributed by atoms with E-state index >= 15 is 0 Å². The van der Waals surface area contributed by atoms with Crippen LogP contribution < -0.4 is 0 Å². The second-order valence-corrected chi connectivity index (χ2v) is 5.02. The van der Waals surface area contributed by atoms with Crippen molar-refractivity contribution in [2.24, 2.45) is 5.41 Å². The Morgan fingerprint density at radius 2 is 2.00 bits per heavy atom. The summed E-state index contributed by atoms with van der Waals surface area (Å²) in [5.41, 5.74) is 0.471. The molecule has 0 N–H and O–H groups in total. The molecule has 1 saturated heterocycles. The van der Waals surface area contributed by atoms with Gasteiger partial charge in [0.25, 0.3) is 0 Å². The van der Waals surface area contributed by atoms with Crippen LogP contribution in [-0.2, 0) is 0 Å². The van der Waals surface area contributed by atoms with Crippen molar-refractivity contribution in [3.05, 3.63) is 0 Å². The van der Waals surface area contributed by atoms with Crippen molar-refractivity contribution in [2.75, 3.05) is 13.1 Å². The molecule has 1 aliphatic heterocycles. The fraction of sp³-hybridized carbons (Fsp3) is 1.00. The van der Waals surface area contributed by atoms with Gasteiger partial charge in [-0.1, -0.05) is 20.8 Å². The molecule has 0 amide bonds. The maximum Gasteiger partial charge on any atom is 0.00676 e. The number of hydrogen-bond donors (Lipinski definition) is 0. The maximum absolute atomic E-state index is 2.61. The summed E-state index contributed by atoms with van der Waals surface area (Å²) in [6, 6.07) is 0.828. The van der Waals surface area contributed by atoms with E-state index in [0.29, 0.717) is 5.41 Å². The van der Waals surface area contributed by atoms with E-state index in [9.17, 15) is 0 Å². The van der Waals surface area contributed by atoms with Gasteiger partial charge >= 0.3 is 0 Å². The molecular formula is C10H21N. The van der Waals surface area contributed by atoms with Crippen LogP contribution in [0.25, 0.3) is 0 Å². The summed E-state index contributed by atoms with van der Waals surface area (Å²) in [5.74, 6) is 0. The molecule has 0 aliphatic carbocycles. The molecule has 1 fully saturated rings. The topological polar surface area (TPSA) is 3.24 Å². The Morgan fingerprint density at radius 3 is 2.36 bits per heavy atom. The monoisotopic (exact) mass is 155 g/mol. The van der Waals surface area contributed by atoms with E-state index < -0.39 is 0 Å². The van der Waals surface area contributed by atoms with E-state index in [-0.39, 0.29) is 0 Å². The summed E-state index contributed by atoms with van der Waals surface area (Å²) in [5, 5.41) is 0. The van der Waals surface area contributed by atoms with E-state index in [1.165, 1.54) is 25.9 Å². The lowest BCUT2D eigenvalue weighted by molar-refractivity contribution is 0.186. The fourth-order valence-corrected chi connectivity index (χ4v) is 1.84. The van der Waals surface area contributed by atoms with Gasteiger partial charge in [0.15, 0.2) is 0 Å². The average molecular weight is 155 g/mol. The van der Waals surface area contributed by atoms with E-state index in [1.807, 2.05) is 0 Å². The standard InChI is InChI=1S/C10H21N/c1-9-6-5-7-11(9)8-10(2,3)4/h9H,5-8H2,1-4H3. The first kappa shape index (κ1) is 9.05. The van der Waals surface area contributed by atoms with Crippen molar-refractivity contribution in [3.63, 3.8) is 0 Å². The average Bonchev–Trinajstić information content (AvgIpc) is 2.12. The zero-order chi connectivity index (χ0) is 8.48. The molecule has 11 heavy (non-hydrogen) atoms. The molecule has 1 atom stereocenters. The molecule has 0 aromatic rings. The van der Waals surface area contributed by atoms with E-state index in [1.54, 1.807) is 0 Å². The Morgan fingerprint density at radius 1 is 1.36 bits per heavy atom. The molecule has 1 aliphatic rings. The van der Waals surface area contributed by atoms with Crippen LogP contribution in [0.3, 0.4) is 0 Å². The smallest absolute Gasteiger partial charge is 0.00676 e. The normalized spacial score (nSPS) is 27.8. The zero-order valence-electron chi connectivity index (χ0n) is 8.35. The summed E-state index contributed by atoms with van der Waals surface area (Å²) in [4.78, 5) is 2.61. The van der Waals surface area contributed by atoms with Crippen molar-refractivity contribution in [1.29, 1.82) is 0 Å². The van der Waals surface area contributed by atoms with Crippen molar-refractivity contribution >= 4 is 0 Å². The van der Waals surface area contributed by atoms with Crippen LogP contribution in [0.1, 0.15) is 40.5 Å². The molecule has 1 nitrogen and oxygen atoms in total. The predicted octanol–water partition coefficient (Wildman–Crippen LogP) is 2.52. The van der Waals surface area contributed by atoms with Gasteiger partial charge in [-0.2, -0.15) is 0 Å². The van der Waals surface area contributed by atoms with Gasteiger partial charge < -0.3 is 4.90 Å². The first-order valence-electron chi connectivity index (χ1n) is 4.73. The second kappa shape index (κ2) is 3.14. The minimum Gasteiger partial charge on any atom is -0.300 e. The van der Waals surface area contributed by atoms with E-state index in [0.717, 1.165) is 6.04 Å². The third kappa shape index (κ3) is 2.82. The number of rotatable bonds is 1. The fourth-order valence-electron chi connectivity index (χ4n) is 1.84. The molecule has 1 rings (SSSR count). The molecular weight excluding hydrogens is 134 g/mol. The highest BCUT2D eigenvalue weighted by molar-refractivity contribution is 4.79. The van der Waals surface area contributed by atoms with Gasteiger partial charge in [0.1, 0.15) is 0 Å². The lowest BCUT2D eigenvalue weighted by atomic mass is 9.96. The summed E-state index contributed by atoms with van der Waals surface area (Å²) in [6.07, 6.45) is 2.80. The van der Waals surface area contributed by atoms with Crippen LogP contribution >= 0.6 is 0 Å². The largest absolute Gasteiger partial charge is 0.300 e. The predicted molar refractivity (Wildman–Crippen MR) is 49.7 cm³/mol. The van der Waals surface area contributed by atoms with Gasteiger partial charge in [0.05, 0.1) is 0 Å². The van der Waals surface area contributed by atoms with Gasteiger partial charge in [-0.3, -0.25) is 0 Å². The first-order valence-corrected chi connectivity index (χ1v) is 4.73. The molecule has 1 heterocycles. The zero-order valence-corrected chi connectivity index (χ0v) is 8.35. The number of nitrogens with zero attached hydrogens (tertiary/aromatic N) is 1. The lowest BCUT2D eigenvalue weighted by Crippen LogP contribution is -2.34. The molecule has 66 valence electrons. The highest BCUT2D eigenvalue weighted by atomic mass is 15.2. The number of hydrogen-bond acceptors (Lipinski definition) is 1. The highest BCUT2D eigenvalue weighted by Crippen LogP contribution is 2.22. The minimum atomic E-state index is 0.471. The van der Waals surface area contributed by atoms with Crippen LogP contribution in [0.4, 0.5) is 0 Å². The minimum absolute atomic E-state index is 0.471. The summed E-state index contributed by atoms with van der Waals surface area (Å²) in [7, 11) is 0. The quantitative estimate of drug-likeness (QED) is 0.562. The van der Waals surface area contributed by atoms with Crippen molar-refractivity contribution in [2.45, 2.75) is 46.6 Å². The summed E-state index contributed by atoms with van der Waals surface area (Å²) < 4.78 is 0. The Kier molecular flexibility index (Phi) is 2.58.